The molecule has 0 heterocycles. The summed E-state index contributed by atoms with van der Waals surface area (Å²) in [6, 6.07) is -0.0870. The van der Waals surface area contributed by atoms with E-state index in [4.69, 9.17) is 5.11 Å². The van der Waals surface area contributed by atoms with Gasteiger partial charge in [0, 0.05) is 12.5 Å². The second-order valence-electron chi connectivity index (χ2n) is 4.19. The Bertz CT molecular complexity index is 229. The molecule has 0 aliphatic heterocycles. The molecule has 0 aromatic carbocycles. The van der Waals surface area contributed by atoms with Gasteiger partial charge in [-0.2, -0.15) is 0 Å². The molecule has 0 saturated carbocycles. The molecule has 1 amide bonds. The third kappa shape index (κ3) is 8.23. The average Bonchev–Trinajstić information content (AvgIpc) is 2.15. The number of nitrogens with one attached hydrogen (secondary N) is 2. The molecule has 0 aliphatic rings. The van der Waals surface area contributed by atoms with Crippen LogP contribution in [0.3, 0.4) is 0 Å². The molecule has 0 aromatic heterocycles. The van der Waals surface area contributed by atoms with E-state index in [2.05, 4.69) is 10.6 Å². The zero-order valence-electron chi connectivity index (χ0n) is 10.2. The zero-order valence-corrected chi connectivity index (χ0v) is 10.2. The van der Waals surface area contributed by atoms with Gasteiger partial charge in [-0.25, -0.2) is 0 Å². The van der Waals surface area contributed by atoms with Crippen LogP contribution in [-0.2, 0) is 9.59 Å². The molecule has 0 aromatic rings. The molecule has 0 fully saturated rings. The topological polar surface area (TPSA) is 78.4 Å². The monoisotopic (exact) mass is 230 g/mol. The van der Waals surface area contributed by atoms with E-state index in [0.717, 1.165) is 6.42 Å². The van der Waals surface area contributed by atoms with E-state index in [0.29, 0.717) is 13.0 Å². The number of carboxylic acids is 1. The summed E-state index contributed by atoms with van der Waals surface area (Å²) in [4.78, 5) is 21.7. The lowest BCUT2D eigenvalue weighted by Gasteiger charge is -2.15. The number of rotatable bonds is 8. The Morgan fingerprint density at radius 1 is 1.19 bits per heavy atom. The van der Waals surface area contributed by atoms with E-state index >= 15 is 0 Å². The Balaban J connectivity index is 3.53. The zero-order chi connectivity index (χ0) is 12.6. The van der Waals surface area contributed by atoms with Crippen LogP contribution in [0, 0.1) is 0 Å². The first-order valence-electron chi connectivity index (χ1n) is 5.69. The molecule has 94 valence electrons. The van der Waals surface area contributed by atoms with Crippen molar-refractivity contribution < 1.29 is 14.7 Å². The number of carboxylic acid groups (broad SMARTS) is 1. The molecule has 0 spiro atoms. The Labute approximate surface area is 96.6 Å². The fourth-order valence-electron chi connectivity index (χ4n) is 1.22. The summed E-state index contributed by atoms with van der Waals surface area (Å²) in [5.74, 6) is -0.793. The van der Waals surface area contributed by atoms with Crippen LogP contribution in [0.4, 0.5) is 0 Å². The van der Waals surface area contributed by atoms with E-state index in [9.17, 15) is 9.59 Å². The number of amides is 1. The van der Waals surface area contributed by atoms with Gasteiger partial charge in [0.05, 0.1) is 6.04 Å². The summed E-state index contributed by atoms with van der Waals surface area (Å²) in [5, 5.41) is 14.3. The minimum absolute atomic E-state index is 0.0202. The van der Waals surface area contributed by atoms with Crippen LogP contribution in [0.25, 0.3) is 0 Å². The molecule has 1 atom stereocenters. The van der Waals surface area contributed by atoms with Crippen LogP contribution >= 0.6 is 0 Å². The number of unbranched alkanes of at least 4 members (excludes halogenated alkanes) is 1. The highest BCUT2D eigenvalue weighted by molar-refractivity contribution is 5.81. The highest BCUT2D eigenvalue weighted by Crippen LogP contribution is 1.94. The second-order valence-corrected chi connectivity index (χ2v) is 4.19. The van der Waals surface area contributed by atoms with Gasteiger partial charge < -0.3 is 15.7 Å². The van der Waals surface area contributed by atoms with E-state index in [-0.39, 0.29) is 24.4 Å². The second kappa shape index (κ2) is 8.10. The predicted octanol–water partition coefficient (Wildman–Crippen LogP) is 0.744. The number of aliphatic carboxylic acids is 1. The quantitative estimate of drug-likeness (QED) is 0.537. The molecule has 0 bridgehead atoms. The Morgan fingerprint density at radius 3 is 2.31 bits per heavy atom. The number of hydrogen-bond donors (Lipinski definition) is 3. The van der Waals surface area contributed by atoms with E-state index in [1.54, 1.807) is 6.92 Å². The average molecular weight is 230 g/mol. The van der Waals surface area contributed by atoms with Crippen molar-refractivity contribution in [2.75, 3.05) is 6.54 Å². The molecule has 0 saturated heterocycles. The van der Waals surface area contributed by atoms with Crippen LogP contribution in [0.5, 0.6) is 0 Å². The molecular weight excluding hydrogens is 208 g/mol. The van der Waals surface area contributed by atoms with Crippen LogP contribution in [0.1, 0.15) is 40.0 Å². The summed E-state index contributed by atoms with van der Waals surface area (Å²) < 4.78 is 0. The minimum Gasteiger partial charge on any atom is -0.481 e. The molecular formula is C11H22N2O3. The largest absolute Gasteiger partial charge is 0.481 e. The fraction of sp³-hybridized carbons (Fsp3) is 0.818. The third-order valence-corrected chi connectivity index (χ3v) is 2.09. The molecule has 5 nitrogen and oxygen atoms in total. The van der Waals surface area contributed by atoms with Gasteiger partial charge >= 0.3 is 5.97 Å². The lowest BCUT2D eigenvalue weighted by Crippen LogP contribution is -2.44. The van der Waals surface area contributed by atoms with Gasteiger partial charge in [-0.05, 0) is 40.2 Å². The number of carbonyl (C=O) groups excluding carboxylic acids is 1. The van der Waals surface area contributed by atoms with Gasteiger partial charge in [-0.15, -0.1) is 0 Å². The van der Waals surface area contributed by atoms with Crippen LogP contribution in [-0.4, -0.2) is 35.6 Å². The van der Waals surface area contributed by atoms with Crippen molar-refractivity contribution in [1.29, 1.82) is 0 Å². The van der Waals surface area contributed by atoms with E-state index in [1.807, 2.05) is 13.8 Å². The first-order valence-corrected chi connectivity index (χ1v) is 5.69. The van der Waals surface area contributed by atoms with Gasteiger partial charge in [-0.3, -0.25) is 9.59 Å². The summed E-state index contributed by atoms with van der Waals surface area (Å²) in [7, 11) is 0. The Morgan fingerprint density at radius 2 is 1.81 bits per heavy atom. The normalized spacial score (nSPS) is 12.5. The molecule has 5 heteroatoms. The SMILES string of the molecule is CC(C)NC(=O)C(C)NCCCCC(=O)O. The first-order chi connectivity index (χ1) is 7.43. The van der Waals surface area contributed by atoms with Crippen molar-refractivity contribution in [3.05, 3.63) is 0 Å². The van der Waals surface area contributed by atoms with Crippen molar-refractivity contribution in [3.8, 4) is 0 Å². The van der Waals surface area contributed by atoms with Crippen molar-refractivity contribution in [3.63, 3.8) is 0 Å². The van der Waals surface area contributed by atoms with Gasteiger partial charge in [-0.1, -0.05) is 0 Å². The molecule has 3 N–H and O–H groups in total. The summed E-state index contributed by atoms with van der Waals surface area (Å²) >= 11 is 0. The maximum absolute atomic E-state index is 11.5. The molecule has 1 unspecified atom stereocenters. The lowest BCUT2D eigenvalue weighted by atomic mass is 10.2. The van der Waals surface area contributed by atoms with E-state index in [1.165, 1.54) is 0 Å². The maximum Gasteiger partial charge on any atom is 0.303 e. The van der Waals surface area contributed by atoms with Crippen molar-refractivity contribution in [1.82, 2.24) is 10.6 Å². The summed E-state index contributed by atoms with van der Waals surface area (Å²) in [5.41, 5.74) is 0. The third-order valence-electron chi connectivity index (χ3n) is 2.09. The van der Waals surface area contributed by atoms with Gasteiger partial charge in [0.15, 0.2) is 0 Å². The highest BCUT2D eigenvalue weighted by atomic mass is 16.4. The molecule has 0 radical (unpaired) electrons. The maximum atomic E-state index is 11.5. The van der Waals surface area contributed by atoms with Crippen LogP contribution in [0.15, 0.2) is 0 Å². The van der Waals surface area contributed by atoms with Crippen LogP contribution < -0.4 is 10.6 Å². The highest BCUT2D eigenvalue weighted by Gasteiger charge is 2.11. The smallest absolute Gasteiger partial charge is 0.303 e. The number of hydrogen-bond acceptors (Lipinski definition) is 3. The predicted molar refractivity (Wildman–Crippen MR) is 62.2 cm³/mol. The molecule has 0 aliphatic carbocycles. The first kappa shape index (κ1) is 14.9. The minimum atomic E-state index is -0.773. The summed E-state index contributed by atoms with van der Waals surface area (Å²) in [6.45, 7) is 6.30. The van der Waals surface area contributed by atoms with E-state index < -0.39 is 5.97 Å². The molecule has 0 rings (SSSR count). The van der Waals surface area contributed by atoms with Gasteiger partial charge in [0.2, 0.25) is 5.91 Å². The summed E-state index contributed by atoms with van der Waals surface area (Å²) in [6.07, 6.45) is 1.60. The Hall–Kier alpha value is -1.10. The molecule has 16 heavy (non-hydrogen) atoms. The lowest BCUT2D eigenvalue weighted by molar-refractivity contribution is -0.137. The van der Waals surface area contributed by atoms with Crippen molar-refractivity contribution in [2.24, 2.45) is 0 Å². The van der Waals surface area contributed by atoms with Crippen molar-refractivity contribution in [2.45, 2.75) is 52.1 Å². The van der Waals surface area contributed by atoms with Gasteiger partial charge in [0.1, 0.15) is 0 Å². The van der Waals surface area contributed by atoms with Gasteiger partial charge in [0.25, 0.3) is 0 Å². The fourth-order valence-corrected chi connectivity index (χ4v) is 1.22. The number of carbonyl (C=O) groups is 2. The van der Waals surface area contributed by atoms with Crippen molar-refractivity contribution >= 4 is 11.9 Å². The Kier molecular flexibility index (Phi) is 7.54. The van der Waals surface area contributed by atoms with Crippen LogP contribution in [0.2, 0.25) is 0 Å². The standard InChI is InChI=1S/C11H22N2O3/c1-8(2)13-11(16)9(3)12-7-5-4-6-10(14)15/h8-9,12H,4-7H2,1-3H3,(H,13,16)(H,14,15).